The molecule has 2 N–H and O–H groups in total. The average molecular weight is 397 g/mol. The van der Waals surface area contributed by atoms with Crippen molar-refractivity contribution in [1.82, 2.24) is 15.0 Å². The smallest absolute Gasteiger partial charge is 0.240 e. The zero-order valence-corrected chi connectivity index (χ0v) is 16.1. The Bertz CT molecular complexity index is 774. The Labute approximate surface area is 162 Å². The highest BCUT2D eigenvalue weighted by molar-refractivity contribution is 6.36. The number of hydrogen-bond donors (Lipinski definition) is 1. The topological polar surface area (TPSA) is 85.2 Å². The summed E-state index contributed by atoms with van der Waals surface area (Å²) in [5.74, 6) is 0.363. The number of nitrogens with two attached hydrogens (primary N) is 1. The van der Waals surface area contributed by atoms with E-state index >= 15 is 0 Å². The maximum absolute atomic E-state index is 12.7. The number of likely N-dealkylation sites (tertiary alicyclic amines) is 1. The van der Waals surface area contributed by atoms with Crippen molar-refractivity contribution in [1.29, 1.82) is 0 Å². The summed E-state index contributed by atoms with van der Waals surface area (Å²) in [5.41, 5.74) is 6.92. The van der Waals surface area contributed by atoms with E-state index in [1.165, 1.54) is 0 Å². The van der Waals surface area contributed by atoms with E-state index in [0.717, 1.165) is 32.4 Å². The molecule has 0 radical (unpaired) electrons. The molecular formula is C18H22Cl2N4O2. The zero-order valence-electron chi connectivity index (χ0n) is 14.6. The molecule has 1 fully saturated rings. The van der Waals surface area contributed by atoms with E-state index in [2.05, 4.69) is 10.1 Å². The zero-order chi connectivity index (χ0) is 18.7. The number of hydrogen-bond acceptors (Lipinski definition) is 5. The van der Waals surface area contributed by atoms with Crippen molar-refractivity contribution < 1.29 is 9.32 Å². The van der Waals surface area contributed by atoms with Gasteiger partial charge in [-0.05, 0) is 37.5 Å². The first-order chi connectivity index (χ1) is 12.5. The first-order valence-electron chi connectivity index (χ1n) is 8.84. The number of amides is 1. The van der Waals surface area contributed by atoms with Crippen molar-refractivity contribution in [2.45, 2.75) is 44.6 Å². The van der Waals surface area contributed by atoms with Crippen molar-refractivity contribution in [2.24, 2.45) is 5.73 Å². The number of halogens is 2. The van der Waals surface area contributed by atoms with E-state index in [9.17, 15) is 4.79 Å². The van der Waals surface area contributed by atoms with Gasteiger partial charge in [0.25, 0.3) is 0 Å². The molecule has 1 aromatic carbocycles. The van der Waals surface area contributed by atoms with Gasteiger partial charge in [0.15, 0.2) is 0 Å². The lowest BCUT2D eigenvalue weighted by Crippen LogP contribution is -2.46. The van der Waals surface area contributed by atoms with Gasteiger partial charge >= 0.3 is 0 Å². The van der Waals surface area contributed by atoms with E-state index in [0.29, 0.717) is 33.7 Å². The molecule has 1 aliphatic heterocycles. The third-order valence-electron chi connectivity index (χ3n) is 4.67. The summed E-state index contributed by atoms with van der Waals surface area (Å²) in [6.45, 7) is 3.56. The fraction of sp³-hybridized carbons (Fsp3) is 0.500. The molecule has 2 unspecified atom stereocenters. The Balaban J connectivity index is 1.84. The highest BCUT2D eigenvalue weighted by Crippen LogP contribution is 2.31. The first kappa shape index (κ1) is 19.1. The van der Waals surface area contributed by atoms with Crippen LogP contribution in [0.2, 0.25) is 10.0 Å². The van der Waals surface area contributed by atoms with E-state index in [1.54, 1.807) is 18.2 Å². The van der Waals surface area contributed by atoms with Crippen LogP contribution in [0.4, 0.5) is 0 Å². The van der Waals surface area contributed by atoms with Crippen LogP contribution in [-0.4, -0.2) is 40.1 Å². The molecule has 2 aromatic rings. The molecule has 6 nitrogen and oxygen atoms in total. The second kappa shape index (κ2) is 8.37. The van der Waals surface area contributed by atoms with Crippen LogP contribution >= 0.6 is 23.2 Å². The molecule has 0 bridgehead atoms. The number of carbonyl (C=O) groups excluding carboxylic acids is 1. The van der Waals surface area contributed by atoms with Crippen molar-refractivity contribution in [3.8, 4) is 11.4 Å². The van der Waals surface area contributed by atoms with Gasteiger partial charge < -0.3 is 15.2 Å². The average Bonchev–Trinajstić information content (AvgIpc) is 3.30. The van der Waals surface area contributed by atoms with Crippen LogP contribution < -0.4 is 5.73 Å². The summed E-state index contributed by atoms with van der Waals surface area (Å²) < 4.78 is 5.45. The molecule has 1 amide bonds. The number of carbonyl (C=O) groups is 1. The minimum Gasteiger partial charge on any atom is -0.341 e. The van der Waals surface area contributed by atoms with E-state index in [4.69, 9.17) is 33.5 Å². The lowest BCUT2D eigenvalue weighted by atomic mass is 9.94. The van der Waals surface area contributed by atoms with E-state index in [-0.39, 0.29) is 11.8 Å². The van der Waals surface area contributed by atoms with Gasteiger partial charge in [0.05, 0.1) is 17.0 Å². The maximum Gasteiger partial charge on any atom is 0.240 e. The maximum atomic E-state index is 12.7. The number of rotatable bonds is 6. The van der Waals surface area contributed by atoms with Crippen molar-refractivity contribution in [3.63, 3.8) is 0 Å². The Morgan fingerprint density at radius 3 is 2.73 bits per heavy atom. The summed E-state index contributed by atoms with van der Waals surface area (Å²) in [4.78, 5) is 19.0. The first-order valence-corrected chi connectivity index (χ1v) is 9.60. The van der Waals surface area contributed by atoms with E-state index in [1.807, 2.05) is 11.8 Å². The molecule has 0 spiro atoms. The minimum absolute atomic E-state index is 0.0507. The van der Waals surface area contributed by atoms with E-state index < -0.39 is 6.04 Å². The second-order valence-electron chi connectivity index (χ2n) is 6.53. The summed E-state index contributed by atoms with van der Waals surface area (Å²) in [5, 5.41) is 5.00. The number of nitrogens with zero attached hydrogens (tertiary/aromatic N) is 3. The highest BCUT2D eigenvalue weighted by atomic mass is 35.5. The third kappa shape index (κ3) is 4.03. The Morgan fingerprint density at radius 1 is 1.35 bits per heavy atom. The molecule has 8 heteroatoms. The molecule has 0 aliphatic carbocycles. The molecule has 140 valence electrons. The molecule has 1 saturated heterocycles. The normalized spacial score (nSPS) is 16.7. The molecule has 1 aromatic heterocycles. The Kier molecular flexibility index (Phi) is 6.16. The summed E-state index contributed by atoms with van der Waals surface area (Å²) >= 11 is 12.2. The monoisotopic (exact) mass is 396 g/mol. The van der Waals surface area contributed by atoms with Crippen LogP contribution in [0, 0.1) is 0 Å². The molecular weight excluding hydrogens is 375 g/mol. The largest absolute Gasteiger partial charge is 0.341 e. The Hall–Kier alpha value is -1.63. The molecule has 3 rings (SSSR count). The van der Waals surface area contributed by atoms with Crippen molar-refractivity contribution >= 4 is 29.1 Å². The van der Waals surface area contributed by atoms with Gasteiger partial charge in [-0.2, -0.15) is 4.98 Å². The molecule has 2 atom stereocenters. The number of benzene rings is 1. The fourth-order valence-electron chi connectivity index (χ4n) is 3.25. The third-order valence-corrected chi connectivity index (χ3v) is 5.21. The molecule has 26 heavy (non-hydrogen) atoms. The standard InChI is InChI=1S/C18H22Cl2N4O2/c1-2-5-13(15(21)18(25)24-8-3-4-9-24)17-22-16(23-26-17)12-7-6-11(19)10-14(12)20/h6-7,10,13,15H,2-5,8-9,21H2,1H3. The van der Waals surface area contributed by atoms with Crippen LogP contribution in [0.25, 0.3) is 11.4 Å². The second-order valence-corrected chi connectivity index (χ2v) is 7.38. The van der Waals surface area contributed by atoms with Crippen LogP contribution in [0.5, 0.6) is 0 Å². The summed E-state index contributed by atoms with van der Waals surface area (Å²) in [7, 11) is 0. The van der Waals surface area contributed by atoms with Crippen LogP contribution in [0.15, 0.2) is 22.7 Å². The van der Waals surface area contributed by atoms with Crippen molar-refractivity contribution in [2.75, 3.05) is 13.1 Å². The lowest BCUT2D eigenvalue weighted by Gasteiger charge is -2.24. The summed E-state index contributed by atoms with van der Waals surface area (Å²) in [6, 6.07) is 4.39. The fourth-order valence-corrected chi connectivity index (χ4v) is 3.75. The Morgan fingerprint density at radius 2 is 2.08 bits per heavy atom. The highest BCUT2D eigenvalue weighted by Gasteiger charge is 2.34. The predicted molar refractivity (Wildman–Crippen MR) is 101 cm³/mol. The van der Waals surface area contributed by atoms with Gasteiger partial charge in [-0.15, -0.1) is 0 Å². The van der Waals surface area contributed by atoms with Crippen molar-refractivity contribution in [3.05, 3.63) is 34.1 Å². The van der Waals surface area contributed by atoms with Gasteiger partial charge in [0.2, 0.25) is 17.6 Å². The van der Waals surface area contributed by atoms with Crippen LogP contribution in [0.3, 0.4) is 0 Å². The van der Waals surface area contributed by atoms with Gasteiger partial charge in [0, 0.05) is 23.7 Å². The molecule has 1 aliphatic rings. The van der Waals surface area contributed by atoms with Crippen LogP contribution in [-0.2, 0) is 4.79 Å². The van der Waals surface area contributed by atoms with Crippen LogP contribution in [0.1, 0.15) is 44.4 Å². The van der Waals surface area contributed by atoms with Gasteiger partial charge in [0.1, 0.15) is 0 Å². The predicted octanol–water partition coefficient (Wildman–Crippen LogP) is 3.88. The quantitative estimate of drug-likeness (QED) is 0.800. The lowest BCUT2D eigenvalue weighted by molar-refractivity contribution is -0.132. The molecule has 0 saturated carbocycles. The van der Waals surface area contributed by atoms with Gasteiger partial charge in [-0.25, -0.2) is 0 Å². The SMILES string of the molecule is CCCC(c1nc(-c2ccc(Cl)cc2Cl)no1)C(N)C(=O)N1CCCC1. The molecule has 2 heterocycles. The van der Waals surface area contributed by atoms with Gasteiger partial charge in [-0.3, -0.25) is 4.79 Å². The minimum atomic E-state index is -0.693. The summed E-state index contributed by atoms with van der Waals surface area (Å²) in [6.07, 6.45) is 3.59. The number of aromatic nitrogens is 2. The van der Waals surface area contributed by atoms with Gasteiger partial charge in [-0.1, -0.05) is 41.7 Å².